The van der Waals surface area contributed by atoms with Gasteiger partial charge in [-0.1, -0.05) is 38.1 Å². The molecular weight excluding hydrogens is 172 g/mol. The Kier molecular flexibility index (Phi) is 4.15. The van der Waals surface area contributed by atoms with E-state index in [2.05, 4.69) is 45.0 Å². The summed E-state index contributed by atoms with van der Waals surface area (Å²) in [6.07, 6.45) is 1.67. The highest BCUT2D eigenvalue weighted by Gasteiger charge is 2.09. The van der Waals surface area contributed by atoms with Crippen LogP contribution in [0.25, 0.3) is 0 Å². The van der Waals surface area contributed by atoms with Gasteiger partial charge in [0, 0.05) is 0 Å². The lowest BCUT2D eigenvalue weighted by Gasteiger charge is -2.14. The molecule has 0 aliphatic carbocycles. The Morgan fingerprint density at radius 1 is 1.21 bits per heavy atom. The third-order valence-corrected chi connectivity index (χ3v) is 2.74. The average molecular weight is 192 g/mol. The smallest absolute Gasteiger partial charge is 0.0566 e. The molecule has 0 radical (unpaired) electrons. The van der Waals surface area contributed by atoms with E-state index in [-0.39, 0.29) is 6.10 Å². The van der Waals surface area contributed by atoms with E-state index in [1.165, 1.54) is 11.1 Å². The Hall–Kier alpha value is -0.820. The first kappa shape index (κ1) is 11.3. The van der Waals surface area contributed by atoms with Crippen molar-refractivity contribution >= 4 is 0 Å². The van der Waals surface area contributed by atoms with Crippen molar-refractivity contribution in [2.24, 2.45) is 5.92 Å². The van der Waals surface area contributed by atoms with Crippen LogP contribution in [0.4, 0.5) is 0 Å². The van der Waals surface area contributed by atoms with Gasteiger partial charge in [0.05, 0.1) is 6.10 Å². The highest BCUT2D eigenvalue weighted by atomic mass is 16.3. The molecule has 1 nitrogen and oxygen atoms in total. The largest absolute Gasteiger partial charge is 0.393 e. The molecule has 78 valence electrons. The summed E-state index contributed by atoms with van der Waals surface area (Å²) in [4.78, 5) is 0. The van der Waals surface area contributed by atoms with Crippen LogP contribution < -0.4 is 0 Å². The zero-order valence-electron chi connectivity index (χ0n) is 9.33. The first-order valence-electron chi connectivity index (χ1n) is 5.34. The molecule has 14 heavy (non-hydrogen) atoms. The first-order chi connectivity index (χ1) is 6.61. The van der Waals surface area contributed by atoms with E-state index in [0.29, 0.717) is 5.92 Å². The summed E-state index contributed by atoms with van der Waals surface area (Å²) in [6, 6.07) is 8.38. The summed E-state index contributed by atoms with van der Waals surface area (Å²) in [6.45, 7) is 6.24. The average Bonchev–Trinajstić information content (AvgIpc) is 2.16. The van der Waals surface area contributed by atoms with Crippen molar-refractivity contribution in [2.75, 3.05) is 0 Å². The number of hydrogen-bond donors (Lipinski definition) is 1. The third-order valence-electron chi connectivity index (χ3n) is 2.74. The van der Waals surface area contributed by atoms with E-state index in [9.17, 15) is 5.11 Å². The zero-order valence-corrected chi connectivity index (χ0v) is 9.33. The van der Waals surface area contributed by atoms with Gasteiger partial charge in [0.2, 0.25) is 0 Å². The van der Waals surface area contributed by atoms with Gasteiger partial charge in [-0.05, 0) is 36.8 Å². The number of hydrogen-bond acceptors (Lipinski definition) is 1. The van der Waals surface area contributed by atoms with Crippen LogP contribution in [0.2, 0.25) is 0 Å². The van der Waals surface area contributed by atoms with Crippen LogP contribution in [-0.2, 0) is 6.42 Å². The summed E-state index contributed by atoms with van der Waals surface area (Å²) in [5.41, 5.74) is 2.68. The lowest BCUT2D eigenvalue weighted by molar-refractivity contribution is 0.116. The number of rotatable bonds is 4. The number of benzene rings is 1. The standard InChI is InChI=1S/C13H20O/c1-10(2)13(14)9-8-12-7-5-4-6-11(12)3/h4-7,10,13-14H,8-9H2,1-3H3. The van der Waals surface area contributed by atoms with Gasteiger partial charge in [-0.25, -0.2) is 0 Å². The van der Waals surface area contributed by atoms with Gasteiger partial charge < -0.3 is 5.11 Å². The van der Waals surface area contributed by atoms with Crippen molar-refractivity contribution in [1.29, 1.82) is 0 Å². The Labute approximate surface area is 86.8 Å². The first-order valence-corrected chi connectivity index (χ1v) is 5.34. The molecule has 0 spiro atoms. The molecule has 0 amide bonds. The molecule has 1 aromatic carbocycles. The molecule has 1 atom stereocenters. The van der Waals surface area contributed by atoms with Gasteiger partial charge in [0.1, 0.15) is 0 Å². The van der Waals surface area contributed by atoms with Crippen molar-refractivity contribution < 1.29 is 5.11 Å². The van der Waals surface area contributed by atoms with Gasteiger partial charge in [-0.3, -0.25) is 0 Å². The molecule has 0 bridgehead atoms. The molecule has 1 N–H and O–H groups in total. The van der Waals surface area contributed by atoms with Gasteiger partial charge in [-0.15, -0.1) is 0 Å². The molecule has 1 unspecified atom stereocenters. The Bertz CT molecular complexity index is 278. The van der Waals surface area contributed by atoms with Crippen LogP contribution in [-0.4, -0.2) is 11.2 Å². The van der Waals surface area contributed by atoms with Crippen molar-refractivity contribution in [2.45, 2.75) is 39.7 Å². The minimum atomic E-state index is -0.172. The lowest BCUT2D eigenvalue weighted by atomic mass is 9.97. The van der Waals surface area contributed by atoms with Crippen LogP contribution in [0.15, 0.2) is 24.3 Å². The Balaban J connectivity index is 2.50. The van der Waals surface area contributed by atoms with Gasteiger partial charge in [-0.2, -0.15) is 0 Å². The van der Waals surface area contributed by atoms with E-state index in [1.807, 2.05) is 0 Å². The van der Waals surface area contributed by atoms with Crippen LogP contribution >= 0.6 is 0 Å². The molecule has 1 heteroatoms. The number of aliphatic hydroxyl groups is 1. The Morgan fingerprint density at radius 3 is 2.43 bits per heavy atom. The second-order valence-electron chi connectivity index (χ2n) is 4.28. The summed E-state index contributed by atoms with van der Waals surface area (Å²) < 4.78 is 0. The van der Waals surface area contributed by atoms with Crippen molar-refractivity contribution in [3.8, 4) is 0 Å². The van der Waals surface area contributed by atoms with Crippen LogP contribution in [0.1, 0.15) is 31.4 Å². The number of aliphatic hydroxyl groups excluding tert-OH is 1. The molecule has 0 aliphatic rings. The quantitative estimate of drug-likeness (QED) is 0.777. The van der Waals surface area contributed by atoms with Gasteiger partial charge in [0.25, 0.3) is 0 Å². The van der Waals surface area contributed by atoms with E-state index >= 15 is 0 Å². The third kappa shape index (κ3) is 3.15. The van der Waals surface area contributed by atoms with E-state index in [4.69, 9.17) is 0 Å². The molecule has 0 aromatic heterocycles. The maximum atomic E-state index is 9.68. The SMILES string of the molecule is Cc1ccccc1CCC(O)C(C)C. The zero-order chi connectivity index (χ0) is 10.6. The van der Waals surface area contributed by atoms with Crippen molar-refractivity contribution in [3.63, 3.8) is 0 Å². The second kappa shape index (κ2) is 5.16. The number of aryl methyl sites for hydroxylation is 2. The van der Waals surface area contributed by atoms with E-state index in [0.717, 1.165) is 12.8 Å². The summed E-state index contributed by atoms with van der Waals surface area (Å²) >= 11 is 0. The van der Waals surface area contributed by atoms with E-state index in [1.54, 1.807) is 0 Å². The minimum absolute atomic E-state index is 0.172. The fraction of sp³-hybridized carbons (Fsp3) is 0.538. The van der Waals surface area contributed by atoms with Crippen LogP contribution in [0, 0.1) is 12.8 Å². The van der Waals surface area contributed by atoms with Gasteiger partial charge >= 0.3 is 0 Å². The highest BCUT2D eigenvalue weighted by molar-refractivity contribution is 5.25. The maximum absolute atomic E-state index is 9.68. The molecule has 0 saturated carbocycles. The molecule has 1 rings (SSSR count). The van der Waals surface area contributed by atoms with Crippen molar-refractivity contribution in [3.05, 3.63) is 35.4 Å². The maximum Gasteiger partial charge on any atom is 0.0566 e. The van der Waals surface area contributed by atoms with Gasteiger partial charge in [0.15, 0.2) is 0 Å². The van der Waals surface area contributed by atoms with Crippen molar-refractivity contribution in [1.82, 2.24) is 0 Å². The molecule has 0 heterocycles. The second-order valence-corrected chi connectivity index (χ2v) is 4.28. The molecular formula is C13H20O. The molecule has 0 aliphatic heterocycles. The summed E-state index contributed by atoms with van der Waals surface area (Å²) in [5, 5.41) is 9.68. The van der Waals surface area contributed by atoms with Crippen LogP contribution in [0.3, 0.4) is 0 Å². The predicted octanol–water partition coefficient (Wildman–Crippen LogP) is 2.94. The topological polar surface area (TPSA) is 20.2 Å². The molecule has 0 fully saturated rings. The molecule has 1 aromatic rings. The van der Waals surface area contributed by atoms with Crippen LogP contribution in [0.5, 0.6) is 0 Å². The summed E-state index contributed by atoms with van der Waals surface area (Å²) in [7, 11) is 0. The lowest BCUT2D eigenvalue weighted by Crippen LogP contribution is -2.15. The minimum Gasteiger partial charge on any atom is -0.393 e. The monoisotopic (exact) mass is 192 g/mol. The Morgan fingerprint density at radius 2 is 1.86 bits per heavy atom. The molecule has 0 saturated heterocycles. The summed E-state index contributed by atoms with van der Waals surface area (Å²) in [5.74, 6) is 0.360. The normalized spacial score (nSPS) is 13.2. The van der Waals surface area contributed by atoms with E-state index < -0.39 is 0 Å². The predicted molar refractivity (Wildman–Crippen MR) is 60.3 cm³/mol. The fourth-order valence-electron chi connectivity index (χ4n) is 1.53. The highest BCUT2D eigenvalue weighted by Crippen LogP contribution is 2.13. The fourth-order valence-corrected chi connectivity index (χ4v) is 1.53.